The number of likely N-dealkylation sites (tertiary alicyclic amines) is 1. The second-order valence-electron chi connectivity index (χ2n) is 5.41. The largest absolute Gasteiger partial charge is 0.497 e. The maximum Gasteiger partial charge on any atom is 0.257 e. The number of halogens is 1. The van der Waals surface area contributed by atoms with E-state index in [0.717, 1.165) is 24.2 Å². The van der Waals surface area contributed by atoms with Crippen molar-refractivity contribution in [2.75, 3.05) is 13.7 Å². The van der Waals surface area contributed by atoms with E-state index < -0.39 is 5.82 Å². The summed E-state index contributed by atoms with van der Waals surface area (Å²) in [5.41, 5.74) is 1.17. The van der Waals surface area contributed by atoms with Gasteiger partial charge in [-0.05, 0) is 42.7 Å². The highest BCUT2D eigenvalue weighted by atomic mass is 19.1. The van der Waals surface area contributed by atoms with Gasteiger partial charge in [0.15, 0.2) is 0 Å². The summed E-state index contributed by atoms with van der Waals surface area (Å²) in [4.78, 5) is 14.4. The van der Waals surface area contributed by atoms with Crippen LogP contribution < -0.4 is 4.74 Å². The molecule has 1 fully saturated rings. The van der Waals surface area contributed by atoms with Crippen LogP contribution in [0.15, 0.2) is 48.5 Å². The molecule has 0 spiro atoms. The molecular weight excluding hydrogens is 281 g/mol. The zero-order valence-corrected chi connectivity index (χ0v) is 12.5. The van der Waals surface area contributed by atoms with E-state index in [1.165, 1.54) is 6.07 Å². The van der Waals surface area contributed by atoms with Gasteiger partial charge in [-0.25, -0.2) is 4.39 Å². The minimum absolute atomic E-state index is 0.0257. The number of hydrogen-bond donors (Lipinski definition) is 0. The second-order valence-corrected chi connectivity index (χ2v) is 5.41. The highest BCUT2D eigenvalue weighted by Crippen LogP contribution is 2.34. The zero-order valence-electron chi connectivity index (χ0n) is 12.5. The minimum atomic E-state index is -0.469. The van der Waals surface area contributed by atoms with Crippen LogP contribution in [0.25, 0.3) is 0 Å². The molecule has 0 N–H and O–H groups in total. The van der Waals surface area contributed by atoms with Crippen LogP contribution in [0.4, 0.5) is 4.39 Å². The number of benzene rings is 2. The van der Waals surface area contributed by atoms with E-state index in [2.05, 4.69) is 0 Å². The van der Waals surface area contributed by atoms with Crippen molar-refractivity contribution in [1.82, 2.24) is 4.90 Å². The van der Waals surface area contributed by atoms with Gasteiger partial charge in [-0.2, -0.15) is 0 Å². The summed E-state index contributed by atoms with van der Waals surface area (Å²) in [7, 11) is 1.62. The third kappa shape index (κ3) is 2.69. The SMILES string of the molecule is COc1cccc(C2CCCN2C(=O)c2ccccc2F)c1. The first-order valence-corrected chi connectivity index (χ1v) is 7.40. The molecule has 2 aromatic carbocycles. The first-order chi connectivity index (χ1) is 10.7. The zero-order chi connectivity index (χ0) is 15.5. The maximum absolute atomic E-state index is 13.9. The monoisotopic (exact) mass is 299 g/mol. The molecular formula is C18H18FNO2. The normalized spacial score (nSPS) is 17.5. The lowest BCUT2D eigenvalue weighted by molar-refractivity contribution is 0.0730. The van der Waals surface area contributed by atoms with Crippen LogP contribution in [0.1, 0.15) is 34.8 Å². The first kappa shape index (κ1) is 14.6. The third-order valence-electron chi connectivity index (χ3n) is 4.10. The van der Waals surface area contributed by atoms with Crippen molar-refractivity contribution in [1.29, 1.82) is 0 Å². The van der Waals surface area contributed by atoms with Gasteiger partial charge in [0.1, 0.15) is 11.6 Å². The fourth-order valence-corrected chi connectivity index (χ4v) is 2.99. The Balaban J connectivity index is 1.90. The van der Waals surface area contributed by atoms with Crippen molar-refractivity contribution in [3.63, 3.8) is 0 Å². The Morgan fingerprint density at radius 1 is 1.23 bits per heavy atom. The van der Waals surface area contributed by atoms with Crippen molar-refractivity contribution in [2.24, 2.45) is 0 Å². The number of nitrogens with zero attached hydrogens (tertiary/aromatic N) is 1. The molecule has 1 unspecified atom stereocenters. The van der Waals surface area contributed by atoms with Gasteiger partial charge in [-0.1, -0.05) is 24.3 Å². The van der Waals surface area contributed by atoms with Gasteiger partial charge in [-0.15, -0.1) is 0 Å². The van der Waals surface area contributed by atoms with E-state index in [0.29, 0.717) is 6.54 Å². The smallest absolute Gasteiger partial charge is 0.257 e. The van der Waals surface area contributed by atoms with Crippen LogP contribution in [-0.4, -0.2) is 24.5 Å². The van der Waals surface area contributed by atoms with Gasteiger partial charge < -0.3 is 9.64 Å². The van der Waals surface area contributed by atoms with Crippen molar-refractivity contribution in [3.05, 3.63) is 65.5 Å². The fraction of sp³-hybridized carbons (Fsp3) is 0.278. The molecule has 22 heavy (non-hydrogen) atoms. The lowest BCUT2D eigenvalue weighted by Gasteiger charge is -2.25. The molecule has 114 valence electrons. The summed E-state index contributed by atoms with van der Waals surface area (Å²) < 4.78 is 19.1. The van der Waals surface area contributed by atoms with E-state index in [9.17, 15) is 9.18 Å². The number of carbonyl (C=O) groups is 1. The van der Waals surface area contributed by atoms with Crippen LogP contribution in [0.5, 0.6) is 5.75 Å². The number of hydrogen-bond acceptors (Lipinski definition) is 2. The van der Waals surface area contributed by atoms with Crippen LogP contribution in [0.2, 0.25) is 0 Å². The Morgan fingerprint density at radius 2 is 2.05 bits per heavy atom. The molecule has 1 atom stereocenters. The van der Waals surface area contributed by atoms with Gasteiger partial charge in [0.05, 0.1) is 18.7 Å². The lowest BCUT2D eigenvalue weighted by atomic mass is 10.0. The van der Waals surface area contributed by atoms with Crippen LogP contribution >= 0.6 is 0 Å². The minimum Gasteiger partial charge on any atom is -0.497 e. The molecule has 2 aromatic rings. The highest BCUT2D eigenvalue weighted by molar-refractivity contribution is 5.95. The summed E-state index contributed by atoms with van der Waals surface area (Å²) in [5, 5.41) is 0. The van der Waals surface area contributed by atoms with Gasteiger partial charge in [0, 0.05) is 6.54 Å². The molecule has 1 aliphatic heterocycles. The van der Waals surface area contributed by atoms with E-state index in [1.807, 2.05) is 24.3 Å². The summed E-state index contributed by atoms with van der Waals surface area (Å²) in [6, 6.07) is 13.8. The fourth-order valence-electron chi connectivity index (χ4n) is 2.99. The molecule has 0 saturated carbocycles. The summed E-state index contributed by atoms with van der Waals surface area (Å²) in [6.45, 7) is 0.648. The second kappa shape index (κ2) is 6.18. The van der Waals surface area contributed by atoms with Crippen molar-refractivity contribution in [2.45, 2.75) is 18.9 Å². The Labute approximate surface area is 129 Å². The number of amides is 1. The number of ether oxygens (including phenoxy) is 1. The Bertz CT molecular complexity index is 686. The van der Waals surface area contributed by atoms with Crippen LogP contribution in [0, 0.1) is 5.82 Å². The number of carbonyl (C=O) groups excluding carboxylic acids is 1. The predicted molar refractivity (Wildman–Crippen MR) is 82.4 cm³/mol. The Morgan fingerprint density at radius 3 is 2.82 bits per heavy atom. The van der Waals surface area contributed by atoms with Crippen molar-refractivity contribution in [3.8, 4) is 5.75 Å². The molecule has 1 amide bonds. The van der Waals surface area contributed by atoms with Crippen molar-refractivity contribution >= 4 is 5.91 Å². The summed E-state index contributed by atoms with van der Waals surface area (Å²) >= 11 is 0. The van der Waals surface area contributed by atoms with Gasteiger partial charge >= 0.3 is 0 Å². The molecule has 1 heterocycles. The summed E-state index contributed by atoms with van der Waals surface area (Å²) in [5.74, 6) is 0.0508. The quantitative estimate of drug-likeness (QED) is 0.862. The average molecular weight is 299 g/mol. The van der Waals surface area contributed by atoms with E-state index in [-0.39, 0.29) is 17.5 Å². The van der Waals surface area contributed by atoms with Crippen LogP contribution in [-0.2, 0) is 0 Å². The van der Waals surface area contributed by atoms with Crippen molar-refractivity contribution < 1.29 is 13.9 Å². The molecule has 0 bridgehead atoms. The molecule has 1 saturated heterocycles. The number of methoxy groups -OCH3 is 1. The molecule has 0 aliphatic carbocycles. The molecule has 3 rings (SSSR count). The molecule has 0 radical (unpaired) electrons. The van der Waals surface area contributed by atoms with Gasteiger partial charge in [0.25, 0.3) is 5.91 Å². The Kier molecular flexibility index (Phi) is 4.09. The molecule has 0 aromatic heterocycles. The maximum atomic E-state index is 13.9. The molecule has 3 nitrogen and oxygen atoms in total. The lowest BCUT2D eigenvalue weighted by Crippen LogP contribution is -2.31. The van der Waals surface area contributed by atoms with E-state index in [4.69, 9.17) is 4.74 Å². The molecule has 4 heteroatoms. The van der Waals surface area contributed by atoms with Gasteiger partial charge in [-0.3, -0.25) is 4.79 Å². The number of rotatable bonds is 3. The van der Waals surface area contributed by atoms with Crippen LogP contribution in [0.3, 0.4) is 0 Å². The van der Waals surface area contributed by atoms with E-state index >= 15 is 0 Å². The third-order valence-corrected chi connectivity index (χ3v) is 4.10. The summed E-state index contributed by atoms with van der Waals surface area (Å²) in [6.07, 6.45) is 1.80. The highest BCUT2D eigenvalue weighted by Gasteiger charge is 2.31. The predicted octanol–water partition coefficient (Wildman–Crippen LogP) is 3.81. The topological polar surface area (TPSA) is 29.5 Å². The average Bonchev–Trinajstić information content (AvgIpc) is 3.04. The Hall–Kier alpha value is -2.36. The van der Waals surface area contributed by atoms with E-state index in [1.54, 1.807) is 30.2 Å². The molecule has 1 aliphatic rings. The first-order valence-electron chi connectivity index (χ1n) is 7.40. The standard InChI is InChI=1S/C18H18FNO2/c1-22-14-7-4-6-13(12-14)17-10-5-11-20(17)18(21)15-8-2-3-9-16(15)19/h2-4,6-9,12,17H,5,10-11H2,1H3. The van der Waals surface area contributed by atoms with Gasteiger partial charge in [0.2, 0.25) is 0 Å².